The Morgan fingerprint density at radius 2 is 1.64 bits per heavy atom. The van der Waals surface area contributed by atoms with E-state index in [9.17, 15) is 14.0 Å². The summed E-state index contributed by atoms with van der Waals surface area (Å²) >= 11 is 0. The van der Waals surface area contributed by atoms with Crippen molar-refractivity contribution >= 4 is 11.8 Å². The second-order valence-electron chi connectivity index (χ2n) is 12.3. The van der Waals surface area contributed by atoms with Crippen LogP contribution >= 0.6 is 0 Å². The fourth-order valence-corrected chi connectivity index (χ4v) is 7.51. The van der Waals surface area contributed by atoms with Gasteiger partial charge >= 0.3 is 0 Å². The Morgan fingerprint density at radius 3 is 2.33 bits per heavy atom. The molecule has 6 N–H and O–H groups in total. The standard InChI is InChI=1S/C26H45F2N9O2/c27-17-12-31-24-21(23(29)33-37(24)15-17)25(38)32-20-14-30-13-19(28)22(20)35-6-4-16(5-7-35)26(39)36-10-8-34(9-11-36)18-2-1-3-18/h16-24,30-31,33H,1-15,29H2,(H,32,38). The molecule has 0 spiro atoms. The van der Waals surface area contributed by atoms with Crippen LogP contribution in [0.25, 0.3) is 0 Å². The van der Waals surface area contributed by atoms with E-state index in [1.54, 1.807) is 5.01 Å². The summed E-state index contributed by atoms with van der Waals surface area (Å²) in [4.78, 5) is 33.4. The van der Waals surface area contributed by atoms with Gasteiger partial charge < -0.3 is 21.3 Å². The number of carbonyl (C=O) groups is 2. The van der Waals surface area contributed by atoms with Crippen LogP contribution in [-0.2, 0) is 9.59 Å². The molecule has 2 amide bonds. The highest BCUT2D eigenvalue weighted by molar-refractivity contribution is 5.81. The number of amides is 2. The van der Waals surface area contributed by atoms with Gasteiger partial charge in [-0.3, -0.25) is 24.7 Å². The van der Waals surface area contributed by atoms with Crippen LogP contribution in [0.5, 0.6) is 0 Å². The van der Waals surface area contributed by atoms with Crippen molar-refractivity contribution in [1.82, 2.24) is 41.1 Å². The summed E-state index contributed by atoms with van der Waals surface area (Å²) < 4.78 is 29.2. The molecule has 0 aromatic carbocycles. The van der Waals surface area contributed by atoms with Crippen LogP contribution in [0.3, 0.4) is 0 Å². The van der Waals surface area contributed by atoms with Crippen molar-refractivity contribution in [3.8, 4) is 0 Å². The van der Waals surface area contributed by atoms with Gasteiger partial charge in [-0.25, -0.2) is 19.2 Å². The van der Waals surface area contributed by atoms with Crippen LogP contribution < -0.4 is 27.1 Å². The van der Waals surface area contributed by atoms with E-state index in [1.165, 1.54) is 19.3 Å². The predicted molar refractivity (Wildman–Crippen MR) is 142 cm³/mol. The van der Waals surface area contributed by atoms with Crippen LogP contribution in [-0.4, -0.2) is 140 Å². The molecular formula is C26H45F2N9O2. The van der Waals surface area contributed by atoms with Crippen molar-refractivity contribution in [2.24, 2.45) is 17.6 Å². The number of nitrogens with zero attached hydrogens (tertiary/aromatic N) is 4. The number of hydrogen-bond acceptors (Lipinski definition) is 9. The van der Waals surface area contributed by atoms with Crippen molar-refractivity contribution in [2.75, 3.05) is 65.4 Å². The van der Waals surface area contributed by atoms with Gasteiger partial charge in [-0.05, 0) is 38.8 Å². The summed E-state index contributed by atoms with van der Waals surface area (Å²) in [5.74, 6) is -0.650. The lowest BCUT2D eigenvalue weighted by Gasteiger charge is -2.46. The van der Waals surface area contributed by atoms with Gasteiger partial charge in [0, 0.05) is 64.3 Å². The molecule has 7 unspecified atom stereocenters. The molecule has 1 aliphatic carbocycles. The third-order valence-electron chi connectivity index (χ3n) is 9.96. The van der Waals surface area contributed by atoms with E-state index in [0.29, 0.717) is 32.5 Å². The zero-order chi connectivity index (χ0) is 27.1. The first kappa shape index (κ1) is 27.7. The molecule has 6 fully saturated rings. The summed E-state index contributed by atoms with van der Waals surface area (Å²) in [5, 5.41) is 10.9. The molecule has 220 valence electrons. The zero-order valence-corrected chi connectivity index (χ0v) is 22.7. The van der Waals surface area contributed by atoms with E-state index < -0.39 is 42.7 Å². The minimum Gasteiger partial charge on any atom is -0.350 e. The molecule has 5 aliphatic heterocycles. The van der Waals surface area contributed by atoms with Crippen LogP contribution in [0.4, 0.5) is 8.78 Å². The number of halogens is 2. The minimum absolute atomic E-state index is 0.0189. The Balaban J connectivity index is 1.02. The van der Waals surface area contributed by atoms with Crippen molar-refractivity contribution < 1.29 is 18.4 Å². The lowest BCUT2D eigenvalue weighted by molar-refractivity contribution is -0.140. The van der Waals surface area contributed by atoms with Gasteiger partial charge in [0.2, 0.25) is 11.8 Å². The van der Waals surface area contributed by atoms with E-state index in [2.05, 4.69) is 31.2 Å². The first-order valence-corrected chi connectivity index (χ1v) is 15.0. The number of nitrogens with one attached hydrogen (secondary N) is 4. The Labute approximate surface area is 229 Å². The average molecular weight is 554 g/mol. The molecular weight excluding hydrogens is 508 g/mol. The number of carbonyl (C=O) groups excluding carboxylic acids is 2. The van der Waals surface area contributed by atoms with Gasteiger partial charge in [0.05, 0.1) is 30.3 Å². The van der Waals surface area contributed by atoms with Gasteiger partial charge in [-0.15, -0.1) is 0 Å². The number of hydrogen-bond donors (Lipinski definition) is 5. The highest BCUT2D eigenvalue weighted by Gasteiger charge is 2.49. The number of nitrogens with two attached hydrogens (primary N) is 1. The normalized spacial score (nSPS) is 39.8. The molecule has 7 atom stereocenters. The zero-order valence-electron chi connectivity index (χ0n) is 22.7. The van der Waals surface area contributed by atoms with E-state index in [1.807, 2.05) is 4.90 Å². The largest absolute Gasteiger partial charge is 0.350 e. The van der Waals surface area contributed by atoms with Gasteiger partial charge in [0.15, 0.2) is 0 Å². The minimum atomic E-state index is -1.14. The van der Waals surface area contributed by atoms with Crippen LogP contribution in [0.2, 0.25) is 0 Å². The lowest BCUT2D eigenvalue weighted by Crippen LogP contribution is -2.67. The second kappa shape index (κ2) is 11.8. The molecule has 5 heterocycles. The van der Waals surface area contributed by atoms with Gasteiger partial charge in [0.25, 0.3) is 0 Å². The molecule has 0 radical (unpaired) electrons. The van der Waals surface area contributed by atoms with E-state index in [4.69, 9.17) is 5.73 Å². The van der Waals surface area contributed by atoms with Crippen LogP contribution in [0.15, 0.2) is 0 Å². The molecule has 11 nitrogen and oxygen atoms in total. The Hall–Kier alpha value is -1.48. The maximum atomic E-state index is 15.3. The number of rotatable bonds is 5. The molecule has 5 saturated heterocycles. The highest BCUT2D eigenvalue weighted by Crippen LogP contribution is 2.29. The van der Waals surface area contributed by atoms with E-state index in [-0.39, 0.29) is 37.4 Å². The molecule has 6 aliphatic rings. The summed E-state index contributed by atoms with van der Waals surface area (Å²) in [6.45, 7) is 5.86. The van der Waals surface area contributed by atoms with Crippen molar-refractivity contribution in [3.63, 3.8) is 0 Å². The molecule has 6 rings (SSSR count). The summed E-state index contributed by atoms with van der Waals surface area (Å²) in [6, 6.07) is -0.168. The average Bonchev–Trinajstić information content (AvgIpc) is 3.23. The molecule has 39 heavy (non-hydrogen) atoms. The second-order valence-corrected chi connectivity index (χ2v) is 12.3. The van der Waals surface area contributed by atoms with Crippen LogP contribution in [0.1, 0.15) is 32.1 Å². The number of alkyl halides is 2. The summed E-state index contributed by atoms with van der Waals surface area (Å²) in [5.41, 5.74) is 9.22. The summed E-state index contributed by atoms with van der Waals surface area (Å²) in [7, 11) is 0. The number of likely N-dealkylation sites (tertiary alicyclic amines) is 1. The first-order valence-electron chi connectivity index (χ1n) is 15.0. The highest BCUT2D eigenvalue weighted by atomic mass is 19.1. The SMILES string of the molecule is NC1NN2CC(F)CNC2C1C(=O)NC1CNCC(F)C1N1CCC(C(=O)N2CCN(C3CCC3)CC2)CC1. The fraction of sp³-hybridized carbons (Fsp3) is 0.923. The molecule has 1 saturated carbocycles. The van der Waals surface area contributed by atoms with Crippen LogP contribution in [0, 0.1) is 11.8 Å². The molecule has 13 heteroatoms. The van der Waals surface area contributed by atoms with Crippen molar-refractivity contribution in [1.29, 1.82) is 0 Å². The first-order chi connectivity index (χ1) is 18.9. The number of piperazine rings is 1. The van der Waals surface area contributed by atoms with E-state index >= 15 is 4.39 Å². The fourth-order valence-electron chi connectivity index (χ4n) is 7.51. The van der Waals surface area contributed by atoms with Gasteiger partial charge in [-0.2, -0.15) is 0 Å². The Bertz CT molecular complexity index is 881. The predicted octanol–water partition coefficient (Wildman–Crippen LogP) is -1.82. The van der Waals surface area contributed by atoms with Gasteiger partial charge in [0.1, 0.15) is 12.3 Å². The monoisotopic (exact) mass is 553 g/mol. The third-order valence-corrected chi connectivity index (χ3v) is 9.96. The Morgan fingerprint density at radius 1 is 0.897 bits per heavy atom. The molecule has 0 aromatic rings. The molecule has 0 aromatic heterocycles. The molecule has 0 bridgehead atoms. The number of fused-ring (bicyclic) bond motifs is 1. The summed E-state index contributed by atoms with van der Waals surface area (Å²) in [6.07, 6.45) is 2.11. The smallest absolute Gasteiger partial charge is 0.229 e. The third kappa shape index (κ3) is 5.68. The number of piperidine rings is 2. The maximum Gasteiger partial charge on any atom is 0.229 e. The number of hydrazine groups is 1. The van der Waals surface area contributed by atoms with Crippen molar-refractivity contribution in [3.05, 3.63) is 0 Å². The quantitative estimate of drug-likeness (QED) is 0.268. The Kier molecular flexibility index (Phi) is 8.37. The van der Waals surface area contributed by atoms with E-state index in [0.717, 1.165) is 32.2 Å². The van der Waals surface area contributed by atoms with Crippen molar-refractivity contribution in [2.45, 2.75) is 74.9 Å². The lowest BCUT2D eigenvalue weighted by atomic mass is 9.89. The topological polar surface area (TPSA) is 121 Å². The van der Waals surface area contributed by atoms with Gasteiger partial charge in [-0.1, -0.05) is 6.42 Å². The maximum absolute atomic E-state index is 15.3.